The average molecular weight is 333 g/mol. The van der Waals surface area contributed by atoms with Gasteiger partial charge in [-0.2, -0.15) is 4.98 Å². The molecule has 0 bridgehead atoms. The first-order valence-corrected chi connectivity index (χ1v) is 7.65. The maximum atomic E-state index is 12.0. The van der Waals surface area contributed by atoms with Gasteiger partial charge in [0, 0.05) is 32.2 Å². The summed E-state index contributed by atoms with van der Waals surface area (Å²) >= 11 is 0. The summed E-state index contributed by atoms with van der Waals surface area (Å²) in [4.78, 5) is 18.0. The molecule has 8 nitrogen and oxygen atoms in total. The van der Waals surface area contributed by atoms with E-state index in [4.69, 9.17) is 9.26 Å². The van der Waals surface area contributed by atoms with Crippen molar-refractivity contribution in [1.29, 1.82) is 0 Å². The lowest BCUT2D eigenvalue weighted by atomic mass is 10.2. The predicted molar refractivity (Wildman–Crippen MR) is 91.2 cm³/mol. The summed E-state index contributed by atoms with van der Waals surface area (Å²) < 4.78 is 10.2. The molecule has 0 aliphatic carbocycles. The molecular weight excluding hydrogens is 310 g/mol. The fraction of sp³-hybridized carbons (Fsp3) is 0.438. The van der Waals surface area contributed by atoms with E-state index in [0.717, 1.165) is 11.4 Å². The molecule has 0 radical (unpaired) electrons. The van der Waals surface area contributed by atoms with Gasteiger partial charge in [-0.25, -0.2) is 0 Å². The molecule has 1 amide bonds. The Kier molecular flexibility index (Phi) is 6.14. The summed E-state index contributed by atoms with van der Waals surface area (Å²) in [6.45, 7) is 2.34. The quantitative estimate of drug-likeness (QED) is 0.759. The van der Waals surface area contributed by atoms with Crippen LogP contribution in [0.3, 0.4) is 0 Å². The molecule has 130 valence electrons. The molecule has 1 atom stereocenters. The van der Waals surface area contributed by atoms with E-state index in [-0.39, 0.29) is 11.9 Å². The summed E-state index contributed by atoms with van der Waals surface area (Å²) in [6.07, 6.45) is 0.334. The number of amides is 1. The van der Waals surface area contributed by atoms with Gasteiger partial charge in [-0.3, -0.25) is 4.79 Å². The van der Waals surface area contributed by atoms with Crippen molar-refractivity contribution in [2.75, 3.05) is 31.4 Å². The molecule has 1 heterocycles. The molecule has 0 spiro atoms. The van der Waals surface area contributed by atoms with Crippen molar-refractivity contribution >= 4 is 17.5 Å². The minimum absolute atomic E-state index is 0.0297. The van der Waals surface area contributed by atoms with Gasteiger partial charge in [0.2, 0.25) is 11.8 Å². The average Bonchev–Trinajstić information content (AvgIpc) is 3.03. The van der Waals surface area contributed by atoms with E-state index in [9.17, 15) is 4.79 Å². The highest BCUT2D eigenvalue weighted by molar-refractivity contribution is 5.91. The van der Waals surface area contributed by atoms with Gasteiger partial charge in [-0.05, 0) is 36.3 Å². The lowest BCUT2D eigenvalue weighted by Gasteiger charge is -2.12. The zero-order valence-electron chi connectivity index (χ0n) is 14.4. The number of aromatic nitrogens is 2. The van der Waals surface area contributed by atoms with Crippen LogP contribution in [0.2, 0.25) is 0 Å². The molecule has 1 unspecified atom stereocenters. The molecule has 2 aromatic rings. The second-order valence-electron chi connectivity index (χ2n) is 5.65. The van der Waals surface area contributed by atoms with Gasteiger partial charge in [0.05, 0.1) is 13.7 Å². The Morgan fingerprint density at radius 2 is 2.04 bits per heavy atom. The molecule has 2 rings (SSSR count). The van der Waals surface area contributed by atoms with Crippen molar-refractivity contribution in [3.8, 4) is 5.75 Å². The van der Waals surface area contributed by atoms with Gasteiger partial charge >= 0.3 is 0 Å². The number of hydrogen-bond acceptors (Lipinski definition) is 7. The van der Waals surface area contributed by atoms with E-state index in [1.54, 1.807) is 36.3 Å². The van der Waals surface area contributed by atoms with Crippen molar-refractivity contribution in [3.05, 3.63) is 30.2 Å². The second kappa shape index (κ2) is 8.30. The Bertz CT molecular complexity index is 654. The number of carbonyl (C=O) groups excluding carboxylic acids is 1. The molecule has 8 heteroatoms. The standard InChI is InChI=1S/C16H23N5O3/c1-11(17-10-15-19-16(20-24-15)21(2)3)9-14(22)18-12-5-7-13(23-4)8-6-12/h5-8,11,17H,9-10H2,1-4H3,(H,18,22). The first-order valence-electron chi connectivity index (χ1n) is 7.65. The highest BCUT2D eigenvalue weighted by Crippen LogP contribution is 2.15. The van der Waals surface area contributed by atoms with Crippen LogP contribution in [0.4, 0.5) is 11.6 Å². The largest absolute Gasteiger partial charge is 0.497 e. The zero-order valence-corrected chi connectivity index (χ0v) is 14.4. The minimum Gasteiger partial charge on any atom is -0.497 e. The van der Waals surface area contributed by atoms with Crippen LogP contribution < -0.4 is 20.3 Å². The normalized spacial score (nSPS) is 11.8. The predicted octanol–water partition coefficient (Wildman–Crippen LogP) is 1.65. The third kappa shape index (κ3) is 5.24. The Balaban J connectivity index is 1.76. The number of benzene rings is 1. The first-order chi connectivity index (χ1) is 11.5. The van der Waals surface area contributed by atoms with E-state index in [1.807, 2.05) is 21.0 Å². The summed E-state index contributed by atoms with van der Waals surface area (Å²) in [5.41, 5.74) is 0.737. The maximum absolute atomic E-state index is 12.0. The third-order valence-corrected chi connectivity index (χ3v) is 3.32. The molecule has 1 aromatic heterocycles. The van der Waals surface area contributed by atoms with Crippen LogP contribution in [0.1, 0.15) is 19.2 Å². The molecule has 0 aliphatic rings. The van der Waals surface area contributed by atoms with E-state index in [2.05, 4.69) is 20.8 Å². The van der Waals surface area contributed by atoms with Crippen LogP contribution >= 0.6 is 0 Å². The molecule has 24 heavy (non-hydrogen) atoms. The summed E-state index contributed by atoms with van der Waals surface area (Å²) in [5, 5.41) is 9.87. The van der Waals surface area contributed by atoms with Crippen LogP contribution in [0, 0.1) is 0 Å². The van der Waals surface area contributed by atoms with Crippen LogP contribution in [0.15, 0.2) is 28.8 Å². The van der Waals surface area contributed by atoms with Crippen molar-refractivity contribution in [2.24, 2.45) is 0 Å². The van der Waals surface area contributed by atoms with Crippen molar-refractivity contribution in [3.63, 3.8) is 0 Å². The van der Waals surface area contributed by atoms with Crippen LogP contribution in [-0.4, -0.2) is 43.3 Å². The highest BCUT2D eigenvalue weighted by atomic mass is 16.5. The summed E-state index contributed by atoms with van der Waals surface area (Å²) in [5.74, 6) is 1.69. The van der Waals surface area contributed by atoms with Gasteiger partial charge < -0.3 is 24.8 Å². The van der Waals surface area contributed by atoms with Gasteiger partial charge in [0.15, 0.2) is 0 Å². The molecule has 1 aromatic carbocycles. The number of nitrogens with one attached hydrogen (secondary N) is 2. The summed E-state index contributed by atoms with van der Waals surface area (Å²) in [6, 6.07) is 7.18. The Morgan fingerprint density at radius 3 is 2.62 bits per heavy atom. The van der Waals surface area contributed by atoms with Gasteiger partial charge in [-0.1, -0.05) is 0 Å². The topological polar surface area (TPSA) is 92.5 Å². The number of nitrogens with zero attached hydrogens (tertiary/aromatic N) is 3. The number of anilines is 2. The van der Waals surface area contributed by atoms with Crippen LogP contribution in [0.5, 0.6) is 5.75 Å². The second-order valence-corrected chi connectivity index (χ2v) is 5.65. The molecule has 0 fully saturated rings. The first kappa shape index (κ1) is 17.7. The Morgan fingerprint density at radius 1 is 1.33 bits per heavy atom. The maximum Gasteiger partial charge on any atom is 0.265 e. The molecule has 0 saturated heterocycles. The lowest BCUT2D eigenvalue weighted by molar-refractivity contribution is -0.116. The number of carbonyl (C=O) groups is 1. The van der Waals surface area contributed by atoms with Crippen molar-refractivity contribution in [1.82, 2.24) is 15.5 Å². The third-order valence-electron chi connectivity index (χ3n) is 3.32. The number of ether oxygens (including phenoxy) is 1. The highest BCUT2D eigenvalue weighted by Gasteiger charge is 2.12. The number of rotatable bonds is 8. The lowest BCUT2D eigenvalue weighted by Crippen LogP contribution is -2.30. The van der Waals surface area contributed by atoms with Gasteiger partial charge in [0.1, 0.15) is 5.75 Å². The molecule has 0 saturated carbocycles. The summed E-state index contributed by atoms with van der Waals surface area (Å²) in [7, 11) is 5.29. The smallest absolute Gasteiger partial charge is 0.265 e. The number of methoxy groups -OCH3 is 1. The Hall–Kier alpha value is -2.61. The van der Waals surface area contributed by atoms with Crippen LogP contribution in [0.25, 0.3) is 0 Å². The van der Waals surface area contributed by atoms with E-state index >= 15 is 0 Å². The molecule has 0 aliphatic heterocycles. The SMILES string of the molecule is COc1ccc(NC(=O)CC(C)NCc2nc(N(C)C)no2)cc1. The fourth-order valence-electron chi connectivity index (χ4n) is 2.00. The van der Waals surface area contributed by atoms with Gasteiger partial charge in [-0.15, -0.1) is 0 Å². The number of hydrogen-bond donors (Lipinski definition) is 2. The van der Waals surface area contributed by atoms with Crippen LogP contribution in [-0.2, 0) is 11.3 Å². The van der Waals surface area contributed by atoms with Crippen molar-refractivity contribution < 1.29 is 14.1 Å². The van der Waals surface area contributed by atoms with E-state index < -0.39 is 0 Å². The van der Waals surface area contributed by atoms with E-state index in [1.165, 1.54) is 0 Å². The monoisotopic (exact) mass is 333 g/mol. The minimum atomic E-state index is -0.0697. The Labute approximate surface area is 141 Å². The fourth-order valence-corrected chi connectivity index (χ4v) is 2.00. The molecule has 2 N–H and O–H groups in total. The molecular formula is C16H23N5O3. The van der Waals surface area contributed by atoms with Crippen molar-refractivity contribution in [2.45, 2.75) is 25.9 Å². The van der Waals surface area contributed by atoms with E-state index in [0.29, 0.717) is 24.8 Å². The zero-order chi connectivity index (χ0) is 17.5. The van der Waals surface area contributed by atoms with Gasteiger partial charge in [0.25, 0.3) is 5.95 Å².